The molecule has 3 aromatic rings. The van der Waals surface area contributed by atoms with Crippen molar-refractivity contribution in [1.29, 1.82) is 0 Å². The number of halogens is 1. The highest BCUT2D eigenvalue weighted by molar-refractivity contribution is 9.10. The predicted molar refractivity (Wildman–Crippen MR) is 131 cm³/mol. The Morgan fingerprint density at radius 3 is 2.55 bits per heavy atom. The van der Waals surface area contributed by atoms with Crippen LogP contribution in [0.15, 0.2) is 56.1 Å². The second kappa shape index (κ2) is 10.1. The SMILES string of the molecule is CCCOc1ccc(C2c3c(oc4ccc(Br)cc4c3=O)C(=O)N2CCCOC(C)C)cc1. The minimum absolute atomic E-state index is 0.120. The van der Waals surface area contributed by atoms with E-state index >= 15 is 0 Å². The number of hydrogen-bond donors (Lipinski definition) is 0. The normalized spacial score (nSPS) is 15.5. The maximum Gasteiger partial charge on any atom is 0.290 e. The molecule has 0 bridgehead atoms. The average molecular weight is 514 g/mol. The van der Waals surface area contributed by atoms with E-state index in [0.29, 0.717) is 42.7 Å². The molecule has 6 nitrogen and oxygen atoms in total. The molecule has 1 amide bonds. The lowest BCUT2D eigenvalue weighted by Gasteiger charge is -2.25. The molecule has 0 spiro atoms. The van der Waals surface area contributed by atoms with E-state index in [4.69, 9.17) is 13.9 Å². The molecule has 7 heteroatoms. The van der Waals surface area contributed by atoms with Gasteiger partial charge in [-0.25, -0.2) is 0 Å². The minimum atomic E-state index is -0.522. The predicted octanol–water partition coefficient (Wildman–Crippen LogP) is 5.70. The van der Waals surface area contributed by atoms with Gasteiger partial charge < -0.3 is 18.8 Å². The van der Waals surface area contributed by atoms with Crippen molar-refractivity contribution < 1.29 is 18.7 Å². The number of nitrogens with zero attached hydrogens (tertiary/aromatic N) is 1. The largest absolute Gasteiger partial charge is 0.494 e. The van der Waals surface area contributed by atoms with Gasteiger partial charge in [-0.2, -0.15) is 0 Å². The van der Waals surface area contributed by atoms with Crippen molar-refractivity contribution in [2.24, 2.45) is 0 Å². The van der Waals surface area contributed by atoms with Crippen molar-refractivity contribution in [3.63, 3.8) is 0 Å². The van der Waals surface area contributed by atoms with E-state index in [1.807, 2.05) is 38.1 Å². The fourth-order valence-electron chi connectivity index (χ4n) is 4.09. The first-order valence-electron chi connectivity index (χ1n) is 11.3. The summed E-state index contributed by atoms with van der Waals surface area (Å²) in [4.78, 5) is 28.7. The van der Waals surface area contributed by atoms with Crippen molar-refractivity contribution in [1.82, 2.24) is 4.90 Å². The van der Waals surface area contributed by atoms with Crippen LogP contribution in [-0.4, -0.2) is 36.7 Å². The van der Waals surface area contributed by atoms with Crippen molar-refractivity contribution in [2.75, 3.05) is 19.8 Å². The summed E-state index contributed by atoms with van der Waals surface area (Å²) < 4.78 is 18.1. The summed E-state index contributed by atoms with van der Waals surface area (Å²) in [5.74, 6) is 0.611. The zero-order valence-corrected chi connectivity index (χ0v) is 20.7. The molecule has 174 valence electrons. The number of benzene rings is 2. The molecule has 0 saturated heterocycles. The summed E-state index contributed by atoms with van der Waals surface area (Å²) in [5, 5.41) is 0.453. The second-order valence-electron chi connectivity index (χ2n) is 8.41. The summed E-state index contributed by atoms with van der Waals surface area (Å²) >= 11 is 3.43. The third-order valence-electron chi connectivity index (χ3n) is 5.59. The lowest BCUT2D eigenvalue weighted by Crippen LogP contribution is -2.31. The number of fused-ring (bicyclic) bond motifs is 2. The summed E-state index contributed by atoms with van der Waals surface area (Å²) in [6.07, 6.45) is 1.70. The lowest BCUT2D eigenvalue weighted by molar-refractivity contribution is 0.0593. The number of rotatable bonds is 9. The highest BCUT2D eigenvalue weighted by Crippen LogP contribution is 2.39. The third-order valence-corrected chi connectivity index (χ3v) is 6.08. The summed E-state index contributed by atoms with van der Waals surface area (Å²) in [7, 11) is 0. The molecular formula is C26H28BrNO5. The molecule has 0 N–H and O–H groups in total. The Morgan fingerprint density at radius 2 is 1.85 bits per heavy atom. The Kier molecular flexibility index (Phi) is 7.20. The smallest absolute Gasteiger partial charge is 0.290 e. The molecular weight excluding hydrogens is 486 g/mol. The van der Waals surface area contributed by atoms with Crippen molar-refractivity contribution in [3.05, 3.63) is 74.0 Å². The Bertz CT molecular complexity index is 1200. The molecule has 0 saturated carbocycles. The number of carbonyl (C=O) groups excluding carboxylic acids is 1. The van der Waals surface area contributed by atoms with Crippen LogP contribution in [-0.2, 0) is 4.74 Å². The third kappa shape index (κ3) is 4.84. The molecule has 1 atom stereocenters. The van der Waals surface area contributed by atoms with Crippen molar-refractivity contribution in [2.45, 2.75) is 45.8 Å². The first-order valence-corrected chi connectivity index (χ1v) is 12.1. The molecule has 4 rings (SSSR count). The van der Waals surface area contributed by atoms with Crippen LogP contribution in [0.2, 0.25) is 0 Å². The Labute approximate surface area is 201 Å². The molecule has 0 radical (unpaired) electrons. The van der Waals surface area contributed by atoms with Gasteiger partial charge in [0, 0.05) is 17.6 Å². The van der Waals surface area contributed by atoms with Crippen LogP contribution in [0.1, 0.15) is 61.3 Å². The highest BCUT2D eigenvalue weighted by atomic mass is 79.9. The zero-order chi connectivity index (χ0) is 23.5. The summed E-state index contributed by atoms with van der Waals surface area (Å²) in [6, 6.07) is 12.3. The molecule has 0 aliphatic carbocycles. The first kappa shape index (κ1) is 23.5. The van der Waals surface area contributed by atoms with Crippen LogP contribution >= 0.6 is 15.9 Å². The van der Waals surface area contributed by atoms with Gasteiger partial charge in [-0.3, -0.25) is 9.59 Å². The van der Waals surface area contributed by atoms with Crippen LogP contribution < -0.4 is 10.2 Å². The monoisotopic (exact) mass is 513 g/mol. The highest BCUT2D eigenvalue weighted by Gasteiger charge is 2.42. The van der Waals surface area contributed by atoms with E-state index in [2.05, 4.69) is 22.9 Å². The van der Waals surface area contributed by atoms with E-state index in [0.717, 1.165) is 22.2 Å². The minimum Gasteiger partial charge on any atom is -0.494 e. The summed E-state index contributed by atoms with van der Waals surface area (Å²) in [5.41, 5.74) is 1.45. The number of hydrogen-bond acceptors (Lipinski definition) is 5. The van der Waals surface area contributed by atoms with Crippen LogP contribution in [0.25, 0.3) is 11.0 Å². The molecule has 1 aliphatic rings. The topological polar surface area (TPSA) is 69.0 Å². The Hall–Kier alpha value is -2.64. The van der Waals surface area contributed by atoms with Crippen molar-refractivity contribution in [3.8, 4) is 5.75 Å². The number of carbonyl (C=O) groups is 1. The maximum absolute atomic E-state index is 13.6. The van der Waals surface area contributed by atoms with Crippen LogP contribution in [0.3, 0.4) is 0 Å². The maximum atomic E-state index is 13.6. The Morgan fingerprint density at radius 1 is 1.09 bits per heavy atom. The fraction of sp³-hybridized carbons (Fsp3) is 0.385. The van der Waals surface area contributed by atoms with Gasteiger partial charge in [0.1, 0.15) is 11.3 Å². The van der Waals surface area contributed by atoms with E-state index in [1.165, 1.54) is 0 Å². The quantitative estimate of drug-likeness (QED) is 0.343. The molecule has 2 heterocycles. The van der Waals surface area contributed by atoms with Gasteiger partial charge in [-0.1, -0.05) is 35.0 Å². The average Bonchev–Trinajstić information content (AvgIpc) is 3.08. The van der Waals surface area contributed by atoms with Gasteiger partial charge in [0.05, 0.1) is 29.7 Å². The fourth-order valence-corrected chi connectivity index (χ4v) is 4.45. The second-order valence-corrected chi connectivity index (χ2v) is 9.32. The van der Waals surface area contributed by atoms with Gasteiger partial charge in [-0.05, 0) is 62.6 Å². The molecule has 2 aromatic carbocycles. The van der Waals surface area contributed by atoms with Gasteiger partial charge >= 0.3 is 0 Å². The van der Waals surface area contributed by atoms with Gasteiger partial charge in [0.2, 0.25) is 5.76 Å². The van der Waals surface area contributed by atoms with E-state index < -0.39 is 6.04 Å². The van der Waals surface area contributed by atoms with Crippen LogP contribution in [0, 0.1) is 0 Å². The molecule has 0 fully saturated rings. The molecule has 33 heavy (non-hydrogen) atoms. The zero-order valence-electron chi connectivity index (χ0n) is 19.1. The van der Waals surface area contributed by atoms with Gasteiger partial charge in [0.15, 0.2) is 5.43 Å². The van der Waals surface area contributed by atoms with Crippen molar-refractivity contribution >= 4 is 32.8 Å². The van der Waals surface area contributed by atoms with Gasteiger partial charge in [0.25, 0.3) is 5.91 Å². The van der Waals surface area contributed by atoms with E-state index in [-0.39, 0.29) is 23.2 Å². The molecule has 1 aromatic heterocycles. The molecule has 1 unspecified atom stereocenters. The van der Waals surface area contributed by atoms with E-state index in [9.17, 15) is 9.59 Å². The lowest BCUT2D eigenvalue weighted by atomic mass is 9.98. The Balaban J connectivity index is 1.76. The first-order chi connectivity index (χ1) is 15.9. The number of ether oxygens (including phenoxy) is 2. The van der Waals surface area contributed by atoms with E-state index in [1.54, 1.807) is 23.1 Å². The summed E-state index contributed by atoms with van der Waals surface area (Å²) in [6.45, 7) is 7.63. The van der Waals surface area contributed by atoms with Gasteiger partial charge in [-0.15, -0.1) is 0 Å². The van der Waals surface area contributed by atoms with Crippen LogP contribution in [0.4, 0.5) is 0 Å². The number of amides is 1. The van der Waals surface area contributed by atoms with Crippen LogP contribution in [0.5, 0.6) is 5.75 Å². The standard InChI is InChI=1S/C26H28BrNO5/c1-4-13-32-19-9-6-17(7-10-19)23-22-24(29)20-15-18(27)8-11-21(20)33-25(22)26(30)28(23)12-5-14-31-16(2)3/h6-11,15-16,23H,4-5,12-14H2,1-3H3. The molecule has 1 aliphatic heterocycles.